The first kappa shape index (κ1) is 76.6. The van der Waals surface area contributed by atoms with Crippen LogP contribution in [0.4, 0.5) is 35.1 Å². The summed E-state index contributed by atoms with van der Waals surface area (Å²) in [5, 5.41) is 148. The number of nitrogens with zero attached hydrogens (tertiary/aromatic N) is 12. The maximum atomic E-state index is 13.8. The molecule has 4 aromatic heterocycles. The SMILES string of the molecule is CC[C@H]1O[C@@H](S[C@@H]2OC(CO)[C@H](O)[C@H](n3cc(-c4cccc(F)c4)nn3)C2O)[C@H](O)C(n2cc(-c3cccc(F)c3)nn2)C1O.C[C@H]1OC(CO)[C@H](O)[C@H](n2cc(-c3cc(F)c(F)c(F)c3)nn2)C1O.Cc1cc(S[C@H]2OC(CO)[C@H](O)[C@H](n3cc(-c4cc(F)c(F)c(F)c4)nn3)C2O)ccc1Cl. The molecule has 27 nitrogen and oxygen atoms in total. The van der Waals surface area contributed by atoms with Crippen molar-refractivity contribution in [3.05, 3.63) is 173 Å². The van der Waals surface area contributed by atoms with Gasteiger partial charge in [-0.3, -0.25) is 0 Å². The minimum Gasteiger partial charge on any atom is -0.394 e. The lowest BCUT2D eigenvalue weighted by Crippen LogP contribution is -2.57. The number of aryl methyl sites for hydroxylation is 1. The zero-order valence-electron chi connectivity index (χ0n) is 54.0. The highest BCUT2D eigenvalue weighted by Crippen LogP contribution is 2.44. The van der Waals surface area contributed by atoms with Gasteiger partial charge in [0.25, 0.3) is 0 Å². The molecule has 8 heterocycles. The summed E-state index contributed by atoms with van der Waals surface area (Å²) < 4.78 is 136. The van der Waals surface area contributed by atoms with E-state index in [-0.39, 0.29) is 22.5 Å². The molecule has 4 aliphatic heterocycles. The molecule has 4 aliphatic rings. The van der Waals surface area contributed by atoms with Crippen LogP contribution < -0.4 is 0 Å². The first-order chi connectivity index (χ1) is 49.2. The number of aliphatic hydroxyl groups excluding tert-OH is 11. The standard InChI is InChI=1S/C29H32F2N6O7S.C21H19ClF3N3O4S.C15H16F3N3O4/c1-2-20-24(39)22(36-11-18(32-34-36)14-5-3-7-16(30)9-14)26(41)28(43-20)45-29-27(42)23(25(40)21(13-38)44-29)37-12-19(33-35-37)15-6-4-8-17(31)10-15;1-9-4-11(2-3-12(9)22)33-21-20(31)18(19(30)16(8-29)32-21)28-7-15(26-27-28)10-5-13(23)17(25)14(24)6-10;1-6-14(23)13(15(24)11(5-22)25-6)21-4-10(19-20-21)7-2-8(16)12(18)9(17)3-7/h3-12,20-29,38-42H,2,13H2,1H3;2-7,16,18-21,29-31H,8H2,1H3;2-4,6,11,13-15,22-24H,5H2,1H3/t20-,21?,22?,23+,24?,25+,26-,27?,28+,29+;16?,18-,19-,20?,21+;6-,11?,13-,14?,15+/m101/s1. The number of aromatic nitrogens is 12. The van der Waals surface area contributed by atoms with Crippen LogP contribution in [0.3, 0.4) is 0 Å². The average Bonchev–Trinajstić information content (AvgIpc) is 1.75. The summed E-state index contributed by atoms with van der Waals surface area (Å²) in [6.07, 6.45) is -9.31. The van der Waals surface area contributed by atoms with Crippen LogP contribution in [0.15, 0.2) is 121 Å². The normalized spacial score (nSPS) is 29.4. The van der Waals surface area contributed by atoms with Gasteiger partial charge >= 0.3 is 0 Å². The van der Waals surface area contributed by atoms with Gasteiger partial charge in [0.15, 0.2) is 34.9 Å². The highest BCUT2D eigenvalue weighted by atomic mass is 35.5. The molecular formula is C65H67ClF8N12O15S2. The number of halogens is 9. The number of aliphatic hydroxyl groups is 11. The summed E-state index contributed by atoms with van der Waals surface area (Å²) in [5.41, 5.74) is -0.879. The van der Waals surface area contributed by atoms with Crippen molar-refractivity contribution >= 4 is 35.1 Å². The van der Waals surface area contributed by atoms with Gasteiger partial charge in [0.05, 0.1) is 56.8 Å². The molecule has 0 saturated carbocycles. The van der Waals surface area contributed by atoms with Crippen molar-refractivity contribution in [2.75, 3.05) is 19.8 Å². The van der Waals surface area contributed by atoms with Gasteiger partial charge in [-0.05, 0) is 92.6 Å². The minimum absolute atomic E-state index is 0.00299. The summed E-state index contributed by atoms with van der Waals surface area (Å²) in [7, 11) is 0. The number of ether oxygens (including phenoxy) is 4. The topological polar surface area (TPSA) is 382 Å². The van der Waals surface area contributed by atoms with Gasteiger partial charge in [-0.1, -0.05) is 87.2 Å². The fourth-order valence-corrected chi connectivity index (χ4v) is 14.7. The van der Waals surface area contributed by atoms with Crippen LogP contribution in [0.1, 0.15) is 50.0 Å². The number of rotatable bonds is 16. The van der Waals surface area contributed by atoms with Gasteiger partial charge in [0.1, 0.15) is 142 Å². The molecule has 0 amide bonds. The van der Waals surface area contributed by atoms with Crippen LogP contribution in [0.5, 0.6) is 0 Å². The molecule has 38 heteroatoms. The molecular weight excluding hydrogens is 1440 g/mol. The smallest absolute Gasteiger partial charge is 0.194 e. The van der Waals surface area contributed by atoms with Crippen molar-refractivity contribution in [2.24, 2.45) is 0 Å². The fraction of sp³-hybridized carbons (Fsp3) is 0.415. The van der Waals surface area contributed by atoms with Crippen LogP contribution in [-0.2, 0) is 18.9 Å². The molecule has 9 aromatic rings. The molecule has 552 valence electrons. The quantitative estimate of drug-likeness (QED) is 0.0457. The van der Waals surface area contributed by atoms with Gasteiger partial charge < -0.3 is 75.1 Å². The van der Waals surface area contributed by atoms with Crippen molar-refractivity contribution < 1.29 is 110 Å². The Labute approximate surface area is 592 Å². The number of thioether (sulfide) groups is 2. The molecule has 5 aromatic carbocycles. The predicted octanol–water partition coefficient (Wildman–Crippen LogP) is 4.79. The first-order valence-corrected chi connectivity index (χ1v) is 33.9. The molecule has 20 atom stereocenters. The second-order valence-electron chi connectivity index (χ2n) is 24.4. The van der Waals surface area contributed by atoms with E-state index in [2.05, 4.69) is 41.2 Å². The molecule has 0 radical (unpaired) electrons. The van der Waals surface area contributed by atoms with Gasteiger partial charge in [0, 0.05) is 32.2 Å². The zero-order chi connectivity index (χ0) is 74.0. The molecule has 8 unspecified atom stereocenters. The predicted molar refractivity (Wildman–Crippen MR) is 347 cm³/mol. The Hall–Kier alpha value is -7.51. The summed E-state index contributed by atoms with van der Waals surface area (Å²) in [4.78, 5) is 0.740. The Morgan fingerprint density at radius 1 is 0.427 bits per heavy atom. The zero-order valence-corrected chi connectivity index (χ0v) is 56.4. The first-order valence-electron chi connectivity index (χ1n) is 31.7. The molecule has 0 aliphatic carbocycles. The largest absolute Gasteiger partial charge is 0.394 e. The van der Waals surface area contributed by atoms with Crippen LogP contribution in [0.25, 0.3) is 45.0 Å². The van der Waals surface area contributed by atoms with E-state index in [0.717, 1.165) is 55.8 Å². The van der Waals surface area contributed by atoms with Gasteiger partial charge in [-0.25, -0.2) is 53.9 Å². The number of hydrogen-bond donors (Lipinski definition) is 11. The molecule has 0 bridgehead atoms. The Morgan fingerprint density at radius 3 is 1.16 bits per heavy atom. The molecule has 13 rings (SSSR count). The number of benzene rings is 5. The summed E-state index contributed by atoms with van der Waals surface area (Å²) >= 11 is 8.13. The van der Waals surface area contributed by atoms with Gasteiger partial charge in [0.2, 0.25) is 0 Å². The lowest BCUT2D eigenvalue weighted by Gasteiger charge is -2.46. The molecule has 4 saturated heterocycles. The van der Waals surface area contributed by atoms with E-state index in [1.807, 2.05) is 13.0 Å². The Balaban J connectivity index is 0.000000162. The summed E-state index contributed by atoms with van der Waals surface area (Å²) in [6, 6.07) is 15.5. The minimum atomic E-state index is -1.61. The molecule has 103 heavy (non-hydrogen) atoms. The Morgan fingerprint density at radius 2 is 0.777 bits per heavy atom. The average molecular weight is 1510 g/mol. The van der Waals surface area contributed by atoms with E-state index in [1.54, 1.807) is 38.1 Å². The van der Waals surface area contributed by atoms with E-state index < -0.39 is 186 Å². The van der Waals surface area contributed by atoms with E-state index >= 15 is 0 Å². The van der Waals surface area contributed by atoms with Crippen molar-refractivity contribution in [3.8, 4) is 45.0 Å². The third-order valence-corrected chi connectivity index (χ3v) is 20.5. The van der Waals surface area contributed by atoms with E-state index in [4.69, 9.17) is 30.5 Å². The maximum absolute atomic E-state index is 13.8. The third kappa shape index (κ3) is 16.5. The highest BCUT2D eigenvalue weighted by Gasteiger charge is 2.52. The lowest BCUT2D eigenvalue weighted by atomic mass is 9.93. The van der Waals surface area contributed by atoms with Crippen molar-refractivity contribution in [1.82, 2.24) is 60.0 Å². The van der Waals surface area contributed by atoms with Crippen molar-refractivity contribution in [1.29, 1.82) is 0 Å². The maximum Gasteiger partial charge on any atom is 0.194 e. The molecule has 11 N–H and O–H groups in total. The third-order valence-electron chi connectivity index (χ3n) is 17.6. The van der Waals surface area contributed by atoms with Gasteiger partial charge in [-0.15, -0.1) is 20.4 Å². The van der Waals surface area contributed by atoms with Crippen LogP contribution in [-0.4, -0.2) is 232 Å². The summed E-state index contributed by atoms with van der Waals surface area (Å²) in [5.74, 6) is -9.64. The molecule has 0 spiro atoms. The van der Waals surface area contributed by atoms with E-state index in [9.17, 15) is 91.3 Å². The van der Waals surface area contributed by atoms with Crippen LogP contribution in [0.2, 0.25) is 5.02 Å². The van der Waals surface area contributed by atoms with Crippen molar-refractivity contribution in [2.45, 2.75) is 152 Å². The number of hydrogen-bond acceptors (Lipinski definition) is 25. The Bertz CT molecular complexity index is 4230. The van der Waals surface area contributed by atoms with E-state index in [0.29, 0.717) is 34.0 Å². The Kier molecular flexibility index (Phi) is 24.5. The summed E-state index contributed by atoms with van der Waals surface area (Å²) in [6.45, 7) is 3.59. The van der Waals surface area contributed by atoms with Crippen LogP contribution >= 0.6 is 35.1 Å². The fourth-order valence-electron chi connectivity index (χ4n) is 12.1. The van der Waals surface area contributed by atoms with E-state index in [1.165, 1.54) is 82.3 Å². The molecule has 4 fully saturated rings. The van der Waals surface area contributed by atoms with Gasteiger partial charge in [-0.2, -0.15) is 0 Å². The monoisotopic (exact) mass is 1510 g/mol. The second kappa shape index (κ2) is 32.9. The second-order valence-corrected chi connectivity index (χ2v) is 27.2. The van der Waals surface area contributed by atoms with Crippen molar-refractivity contribution in [3.63, 3.8) is 0 Å². The highest BCUT2D eigenvalue weighted by molar-refractivity contribution is 8.00. The lowest BCUT2D eigenvalue weighted by molar-refractivity contribution is -0.199. The van der Waals surface area contributed by atoms with Crippen LogP contribution in [0, 0.1) is 53.5 Å².